The van der Waals surface area contributed by atoms with E-state index in [1.54, 1.807) is 0 Å². The third-order valence-electron chi connectivity index (χ3n) is 3.49. The number of imidazole rings is 1. The summed E-state index contributed by atoms with van der Waals surface area (Å²) in [4.78, 5) is 4.18. The molecule has 2 aromatic heterocycles. The van der Waals surface area contributed by atoms with E-state index in [0.717, 1.165) is 13.1 Å². The van der Waals surface area contributed by atoms with Gasteiger partial charge in [0.25, 0.3) is 0 Å². The molecule has 0 unspecified atom stereocenters. The number of hydrogen-bond donors (Lipinski definition) is 1. The van der Waals surface area contributed by atoms with Crippen LogP contribution >= 0.6 is 0 Å². The number of aromatic nitrogens is 3. The van der Waals surface area contributed by atoms with E-state index < -0.39 is 0 Å². The van der Waals surface area contributed by atoms with Gasteiger partial charge in [-0.15, -0.1) is 0 Å². The molecule has 0 aliphatic carbocycles. The van der Waals surface area contributed by atoms with Gasteiger partial charge >= 0.3 is 0 Å². The van der Waals surface area contributed by atoms with Gasteiger partial charge in [0.15, 0.2) is 0 Å². The second kappa shape index (κ2) is 4.90. The summed E-state index contributed by atoms with van der Waals surface area (Å²) in [5.74, 6) is 0. The Labute approximate surface area is 112 Å². The molecule has 3 rings (SSSR count). The molecule has 0 saturated carbocycles. The highest BCUT2D eigenvalue weighted by molar-refractivity contribution is 5.83. The highest BCUT2D eigenvalue weighted by Crippen LogP contribution is 2.21. The Bertz CT molecular complexity index is 693. The highest BCUT2D eigenvalue weighted by Gasteiger charge is 2.07. The third kappa shape index (κ3) is 2.15. The average Bonchev–Trinajstić information content (AvgIpc) is 2.99. The van der Waals surface area contributed by atoms with Gasteiger partial charge in [-0.3, -0.25) is 0 Å². The van der Waals surface area contributed by atoms with E-state index in [1.165, 1.54) is 22.2 Å². The van der Waals surface area contributed by atoms with Crippen LogP contribution in [0.2, 0.25) is 0 Å². The second-order valence-electron chi connectivity index (χ2n) is 4.82. The smallest absolute Gasteiger partial charge is 0.0946 e. The van der Waals surface area contributed by atoms with Gasteiger partial charge in [0.05, 0.1) is 24.1 Å². The lowest BCUT2D eigenvalue weighted by atomic mass is 10.1. The number of hydrogen-bond acceptors (Lipinski definition) is 2. The lowest BCUT2D eigenvalue weighted by molar-refractivity contribution is 0.737. The normalized spacial score (nSPS) is 11.3. The lowest BCUT2D eigenvalue weighted by Gasteiger charge is -2.10. The lowest BCUT2D eigenvalue weighted by Crippen LogP contribution is -2.08. The number of aryl methyl sites for hydroxylation is 1. The molecule has 0 saturated heterocycles. The van der Waals surface area contributed by atoms with E-state index in [2.05, 4.69) is 49.9 Å². The third-order valence-corrected chi connectivity index (χ3v) is 3.49. The van der Waals surface area contributed by atoms with Crippen molar-refractivity contribution in [1.82, 2.24) is 19.4 Å². The molecule has 2 heterocycles. The maximum atomic E-state index is 4.18. The van der Waals surface area contributed by atoms with Crippen molar-refractivity contribution < 1.29 is 0 Å². The monoisotopic (exact) mass is 254 g/mol. The van der Waals surface area contributed by atoms with E-state index in [9.17, 15) is 0 Å². The number of nitrogens with one attached hydrogen (secondary N) is 1. The quantitative estimate of drug-likeness (QED) is 0.774. The zero-order valence-electron chi connectivity index (χ0n) is 11.3. The Morgan fingerprint density at radius 1 is 1.26 bits per heavy atom. The van der Waals surface area contributed by atoms with E-state index in [0.29, 0.717) is 0 Å². The Morgan fingerprint density at radius 2 is 2.16 bits per heavy atom. The fourth-order valence-electron chi connectivity index (χ4n) is 2.52. The number of rotatable bonds is 4. The van der Waals surface area contributed by atoms with Crippen LogP contribution < -0.4 is 5.32 Å². The summed E-state index contributed by atoms with van der Waals surface area (Å²) in [6.45, 7) is 1.73. The predicted octanol–water partition coefficient (Wildman–Crippen LogP) is 2.14. The first-order chi connectivity index (χ1) is 9.29. The van der Waals surface area contributed by atoms with E-state index in [-0.39, 0.29) is 0 Å². The highest BCUT2D eigenvalue weighted by atomic mass is 15.1. The molecule has 1 aromatic carbocycles. The van der Waals surface area contributed by atoms with Crippen LogP contribution in [0.3, 0.4) is 0 Å². The maximum Gasteiger partial charge on any atom is 0.0946 e. The van der Waals surface area contributed by atoms with Crippen LogP contribution in [0, 0.1) is 0 Å². The SMILES string of the molecule is CNCc1cccc2ccn(Cc3cncn3C)c12. The summed E-state index contributed by atoms with van der Waals surface area (Å²) in [6, 6.07) is 8.63. The van der Waals surface area contributed by atoms with Crippen LogP contribution in [0.1, 0.15) is 11.3 Å². The molecule has 19 heavy (non-hydrogen) atoms. The fraction of sp³-hybridized carbons (Fsp3) is 0.267. The number of nitrogens with zero attached hydrogens (tertiary/aromatic N) is 3. The van der Waals surface area contributed by atoms with Gasteiger partial charge in [0.2, 0.25) is 0 Å². The Kier molecular flexibility index (Phi) is 3.09. The molecular formula is C15H18N4. The van der Waals surface area contributed by atoms with Crippen molar-refractivity contribution in [1.29, 1.82) is 0 Å². The van der Waals surface area contributed by atoms with Gasteiger partial charge in [-0.05, 0) is 24.1 Å². The first-order valence-corrected chi connectivity index (χ1v) is 6.46. The molecular weight excluding hydrogens is 236 g/mol. The first kappa shape index (κ1) is 12.0. The topological polar surface area (TPSA) is 34.8 Å². The van der Waals surface area contributed by atoms with Crippen molar-refractivity contribution in [2.75, 3.05) is 7.05 Å². The van der Waals surface area contributed by atoms with Crippen molar-refractivity contribution in [3.8, 4) is 0 Å². The fourth-order valence-corrected chi connectivity index (χ4v) is 2.52. The summed E-state index contributed by atoms with van der Waals surface area (Å²) in [5, 5.41) is 4.52. The summed E-state index contributed by atoms with van der Waals surface area (Å²) < 4.78 is 4.35. The minimum atomic E-state index is 0.848. The van der Waals surface area contributed by atoms with Crippen LogP contribution in [0.4, 0.5) is 0 Å². The predicted molar refractivity (Wildman–Crippen MR) is 77.0 cm³/mol. The molecule has 3 aromatic rings. The molecule has 98 valence electrons. The molecule has 4 heteroatoms. The number of benzene rings is 1. The molecule has 0 atom stereocenters. The second-order valence-corrected chi connectivity index (χ2v) is 4.82. The Morgan fingerprint density at radius 3 is 2.89 bits per heavy atom. The molecule has 4 nitrogen and oxygen atoms in total. The van der Waals surface area contributed by atoms with Crippen LogP contribution in [0.15, 0.2) is 43.0 Å². The Balaban J connectivity index is 2.06. The van der Waals surface area contributed by atoms with Crippen molar-refractivity contribution in [2.24, 2.45) is 7.05 Å². The largest absolute Gasteiger partial charge is 0.341 e. The molecule has 0 aliphatic rings. The van der Waals surface area contributed by atoms with E-state index in [1.807, 2.05) is 26.6 Å². The molecule has 0 aliphatic heterocycles. The maximum absolute atomic E-state index is 4.18. The number of fused-ring (bicyclic) bond motifs is 1. The zero-order chi connectivity index (χ0) is 13.2. The average molecular weight is 254 g/mol. The van der Waals surface area contributed by atoms with Crippen molar-refractivity contribution in [2.45, 2.75) is 13.1 Å². The zero-order valence-corrected chi connectivity index (χ0v) is 11.3. The molecule has 0 spiro atoms. The summed E-state index contributed by atoms with van der Waals surface area (Å²) >= 11 is 0. The minimum Gasteiger partial charge on any atom is -0.341 e. The van der Waals surface area contributed by atoms with Crippen LogP contribution in [0.5, 0.6) is 0 Å². The number of para-hydroxylation sites is 1. The van der Waals surface area contributed by atoms with Crippen LogP contribution in [-0.2, 0) is 20.1 Å². The van der Waals surface area contributed by atoms with Gasteiger partial charge in [-0.25, -0.2) is 4.98 Å². The van der Waals surface area contributed by atoms with E-state index in [4.69, 9.17) is 0 Å². The molecule has 0 amide bonds. The molecule has 0 bridgehead atoms. The first-order valence-electron chi connectivity index (χ1n) is 6.46. The summed E-state index contributed by atoms with van der Waals surface area (Å²) in [6.07, 6.45) is 5.92. The van der Waals surface area contributed by atoms with Crippen LogP contribution in [0.25, 0.3) is 10.9 Å². The summed E-state index contributed by atoms with van der Waals surface area (Å²) in [5.41, 5.74) is 3.84. The Hall–Kier alpha value is -2.07. The minimum absolute atomic E-state index is 0.848. The molecule has 1 N–H and O–H groups in total. The van der Waals surface area contributed by atoms with Crippen molar-refractivity contribution in [3.05, 3.63) is 54.2 Å². The van der Waals surface area contributed by atoms with Gasteiger partial charge in [0, 0.05) is 26.0 Å². The van der Waals surface area contributed by atoms with Crippen molar-refractivity contribution >= 4 is 10.9 Å². The van der Waals surface area contributed by atoms with Crippen molar-refractivity contribution in [3.63, 3.8) is 0 Å². The van der Waals surface area contributed by atoms with Crippen LogP contribution in [-0.4, -0.2) is 21.2 Å². The standard InChI is InChI=1S/C15H18N4/c1-16-8-13-5-3-4-12-6-7-19(15(12)13)10-14-9-17-11-18(14)2/h3-7,9,11,16H,8,10H2,1-2H3. The summed E-state index contributed by atoms with van der Waals surface area (Å²) in [7, 11) is 4.01. The molecule has 0 fully saturated rings. The van der Waals surface area contributed by atoms with Gasteiger partial charge in [-0.2, -0.15) is 0 Å². The van der Waals surface area contributed by atoms with Gasteiger partial charge in [0.1, 0.15) is 0 Å². The van der Waals surface area contributed by atoms with Gasteiger partial charge < -0.3 is 14.5 Å². The van der Waals surface area contributed by atoms with E-state index >= 15 is 0 Å². The molecule has 0 radical (unpaired) electrons. The van der Waals surface area contributed by atoms with Gasteiger partial charge in [-0.1, -0.05) is 18.2 Å².